The van der Waals surface area contributed by atoms with Gasteiger partial charge in [0.15, 0.2) is 0 Å². The Morgan fingerprint density at radius 1 is 1.14 bits per heavy atom. The van der Waals surface area contributed by atoms with Gasteiger partial charge in [0.05, 0.1) is 6.54 Å². The van der Waals surface area contributed by atoms with Gasteiger partial charge in [-0.3, -0.25) is 9.59 Å². The number of amides is 3. The largest absolute Gasteiger partial charge is 0.480 e. The molecule has 8 nitrogen and oxygen atoms in total. The van der Waals surface area contributed by atoms with Crippen LogP contribution in [0.1, 0.15) is 26.2 Å². The first-order valence-corrected chi connectivity index (χ1v) is 7.26. The number of urea groups is 1. The van der Waals surface area contributed by atoms with Crippen molar-refractivity contribution in [3.05, 3.63) is 0 Å². The van der Waals surface area contributed by atoms with Crippen LogP contribution in [0.25, 0.3) is 0 Å². The second-order valence-corrected chi connectivity index (χ2v) is 5.11. The van der Waals surface area contributed by atoms with Gasteiger partial charge in [-0.25, -0.2) is 4.79 Å². The molecule has 8 heteroatoms. The molecule has 21 heavy (non-hydrogen) atoms. The number of piperidine rings is 1. The number of nitrogens with zero attached hydrogens (tertiary/aromatic N) is 1. The van der Waals surface area contributed by atoms with E-state index in [1.165, 1.54) is 0 Å². The fraction of sp³-hybridized carbons (Fsp3) is 0.769. The van der Waals surface area contributed by atoms with Crippen molar-refractivity contribution in [3.63, 3.8) is 0 Å². The van der Waals surface area contributed by atoms with Crippen molar-refractivity contribution in [2.45, 2.75) is 32.2 Å². The number of rotatable bonds is 7. The number of carbonyl (C=O) groups excluding carboxylic acids is 2. The summed E-state index contributed by atoms with van der Waals surface area (Å²) in [6, 6.07) is -0.269. The molecule has 0 aromatic rings. The van der Waals surface area contributed by atoms with E-state index in [2.05, 4.69) is 27.8 Å². The molecule has 120 valence electrons. The van der Waals surface area contributed by atoms with Gasteiger partial charge in [-0.15, -0.1) is 0 Å². The molecule has 1 aliphatic rings. The lowest BCUT2D eigenvalue weighted by Crippen LogP contribution is -2.49. The van der Waals surface area contributed by atoms with Crippen LogP contribution in [0, 0.1) is 0 Å². The van der Waals surface area contributed by atoms with Crippen molar-refractivity contribution < 1.29 is 19.5 Å². The summed E-state index contributed by atoms with van der Waals surface area (Å²) in [4.78, 5) is 35.5. The van der Waals surface area contributed by atoms with Gasteiger partial charge in [-0.05, 0) is 25.8 Å². The van der Waals surface area contributed by atoms with Crippen LogP contribution in [0.15, 0.2) is 0 Å². The van der Waals surface area contributed by atoms with Crippen molar-refractivity contribution in [1.82, 2.24) is 20.9 Å². The van der Waals surface area contributed by atoms with Gasteiger partial charge in [-0.2, -0.15) is 0 Å². The predicted molar refractivity (Wildman–Crippen MR) is 76.9 cm³/mol. The molecule has 0 saturated carbocycles. The van der Waals surface area contributed by atoms with Crippen LogP contribution in [0.3, 0.4) is 0 Å². The molecular formula is C13H24N4O4. The van der Waals surface area contributed by atoms with E-state index in [-0.39, 0.29) is 12.6 Å². The van der Waals surface area contributed by atoms with Crippen LogP contribution in [0.2, 0.25) is 0 Å². The quantitative estimate of drug-likeness (QED) is 0.500. The summed E-state index contributed by atoms with van der Waals surface area (Å²) in [6.07, 6.45) is 2.93. The zero-order valence-corrected chi connectivity index (χ0v) is 12.4. The van der Waals surface area contributed by atoms with Gasteiger partial charge in [-0.1, -0.05) is 6.92 Å². The van der Waals surface area contributed by atoms with Crippen LogP contribution in [-0.4, -0.2) is 66.7 Å². The fourth-order valence-corrected chi connectivity index (χ4v) is 2.25. The first kappa shape index (κ1) is 17.2. The third-order valence-electron chi connectivity index (χ3n) is 3.31. The number of likely N-dealkylation sites (tertiary alicyclic amines) is 1. The van der Waals surface area contributed by atoms with Crippen molar-refractivity contribution in [2.75, 3.05) is 32.7 Å². The van der Waals surface area contributed by atoms with Crippen LogP contribution in [0.4, 0.5) is 4.79 Å². The second-order valence-electron chi connectivity index (χ2n) is 5.11. The average Bonchev–Trinajstić information content (AvgIpc) is 2.45. The SMILES string of the molecule is CCCN1CCC(NC(=O)NCC(=O)NCC(=O)O)CC1. The third-order valence-corrected chi connectivity index (χ3v) is 3.31. The molecule has 1 saturated heterocycles. The summed E-state index contributed by atoms with van der Waals surface area (Å²) in [5, 5.41) is 15.8. The summed E-state index contributed by atoms with van der Waals surface area (Å²) < 4.78 is 0. The van der Waals surface area contributed by atoms with Crippen molar-refractivity contribution in [3.8, 4) is 0 Å². The number of carboxylic acid groups (broad SMARTS) is 1. The minimum absolute atomic E-state index is 0.125. The van der Waals surface area contributed by atoms with E-state index < -0.39 is 24.5 Å². The maximum Gasteiger partial charge on any atom is 0.322 e. The fourth-order valence-electron chi connectivity index (χ4n) is 2.25. The number of hydrogen-bond acceptors (Lipinski definition) is 4. The van der Waals surface area contributed by atoms with E-state index >= 15 is 0 Å². The predicted octanol–water partition coefficient (Wildman–Crippen LogP) is -0.639. The Balaban J connectivity index is 2.14. The Bertz CT molecular complexity index is 367. The molecule has 0 atom stereocenters. The first-order chi connectivity index (χ1) is 10.0. The molecule has 1 aliphatic heterocycles. The standard InChI is InChI=1S/C13H24N4O4/c1-2-5-17-6-3-10(4-7-17)16-13(21)15-8-11(18)14-9-12(19)20/h10H,2-9H2,1H3,(H,14,18)(H,19,20)(H2,15,16,21). The lowest BCUT2D eigenvalue weighted by molar-refractivity contribution is -0.137. The summed E-state index contributed by atoms with van der Waals surface area (Å²) >= 11 is 0. The van der Waals surface area contributed by atoms with E-state index in [4.69, 9.17) is 5.11 Å². The molecule has 0 unspecified atom stereocenters. The molecule has 0 aromatic carbocycles. The highest BCUT2D eigenvalue weighted by atomic mass is 16.4. The van der Waals surface area contributed by atoms with E-state index in [1.54, 1.807) is 0 Å². The molecule has 4 N–H and O–H groups in total. The van der Waals surface area contributed by atoms with E-state index in [9.17, 15) is 14.4 Å². The number of carbonyl (C=O) groups is 3. The van der Waals surface area contributed by atoms with Gasteiger partial charge >= 0.3 is 12.0 Å². The zero-order valence-electron chi connectivity index (χ0n) is 12.4. The molecule has 0 aromatic heterocycles. The summed E-state index contributed by atoms with van der Waals surface area (Å²) in [7, 11) is 0. The van der Waals surface area contributed by atoms with E-state index in [0.29, 0.717) is 0 Å². The Morgan fingerprint density at radius 2 is 1.81 bits per heavy atom. The van der Waals surface area contributed by atoms with Gasteiger partial charge in [0.25, 0.3) is 0 Å². The normalized spacial score (nSPS) is 16.2. The van der Waals surface area contributed by atoms with Crippen molar-refractivity contribution >= 4 is 17.9 Å². The second kappa shape index (κ2) is 9.17. The third kappa shape index (κ3) is 7.50. The van der Waals surface area contributed by atoms with Crippen LogP contribution in [-0.2, 0) is 9.59 Å². The smallest absolute Gasteiger partial charge is 0.322 e. The van der Waals surface area contributed by atoms with Crippen LogP contribution in [0.5, 0.6) is 0 Å². The molecule has 1 rings (SSSR count). The maximum absolute atomic E-state index is 11.6. The van der Waals surface area contributed by atoms with E-state index in [0.717, 1.165) is 38.9 Å². The lowest BCUT2D eigenvalue weighted by atomic mass is 10.1. The topological polar surface area (TPSA) is 111 Å². The average molecular weight is 300 g/mol. The van der Waals surface area contributed by atoms with Crippen molar-refractivity contribution in [2.24, 2.45) is 0 Å². The summed E-state index contributed by atoms with van der Waals surface area (Å²) in [5.74, 6) is -1.64. The van der Waals surface area contributed by atoms with Crippen LogP contribution < -0.4 is 16.0 Å². The maximum atomic E-state index is 11.6. The molecule has 0 bridgehead atoms. The number of hydrogen-bond donors (Lipinski definition) is 4. The number of nitrogens with one attached hydrogen (secondary N) is 3. The van der Waals surface area contributed by atoms with Gasteiger partial charge in [0.1, 0.15) is 6.54 Å². The molecule has 0 radical (unpaired) electrons. The molecular weight excluding hydrogens is 276 g/mol. The molecule has 3 amide bonds. The number of aliphatic carboxylic acids is 1. The van der Waals surface area contributed by atoms with Crippen LogP contribution >= 0.6 is 0 Å². The molecule has 0 aliphatic carbocycles. The molecule has 0 spiro atoms. The minimum atomic E-state index is -1.12. The highest BCUT2D eigenvalue weighted by Crippen LogP contribution is 2.10. The summed E-state index contributed by atoms with van der Waals surface area (Å²) in [6.45, 7) is 4.50. The lowest BCUT2D eigenvalue weighted by Gasteiger charge is -2.32. The van der Waals surface area contributed by atoms with E-state index in [1.807, 2.05) is 0 Å². The molecule has 1 heterocycles. The Hall–Kier alpha value is -1.83. The molecule has 1 fully saturated rings. The van der Waals surface area contributed by atoms with Crippen molar-refractivity contribution in [1.29, 1.82) is 0 Å². The Morgan fingerprint density at radius 3 is 2.38 bits per heavy atom. The summed E-state index contributed by atoms with van der Waals surface area (Å²) in [5.41, 5.74) is 0. The van der Waals surface area contributed by atoms with Gasteiger partial charge < -0.3 is 26.0 Å². The Kier molecular flexibility index (Phi) is 7.52. The Labute approximate surface area is 124 Å². The highest BCUT2D eigenvalue weighted by Gasteiger charge is 2.20. The minimum Gasteiger partial charge on any atom is -0.480 e. The van der Waals surface area contributed by atoms with Gasteiger partial charge in [0, 0.05) is 19.1 Å². The number of carboxylic acids is 1. The highest BCUT2D eigenvalue weighted by molar-refractivity contribution is 5.86. The van der Waals surface area contributed by atoms with Gasteiger partial charge in [0.2, 0.25) is 5.91 Å². The zero-order chi connectivity index (χ0) is 15.7. The monoisotopic (exact) mass is 300 g/mol. The first-order valence-electron chi connectivity index (χ1n) is 7.26.